The van der Waals surface area contributed by atoms with Crippen molar-refractivity contribution in [3.63, 3.8) is 0 Å². The van der Waals surface area contributed by atoms with Crippen LogP contribution in [0.3, 0.4) is 0 Å². The average molecular weight is 405 g/mol. The maximum atomic E-state index is 12.3. The van der Waals surface area contributed by atoms with E-state index >= 15 is 0 Å². The third kappa shape index (κ3) is 4.66. The molecule has 0 spiro atoms. The Morgan fingerprint density at radius 2 is 2.00 bits per heavy atom. The molecule has 10 nitrogen and oxygen atoms in total. The number of imidazole rings is 1. The highest BCUT2D eigenvalue weighted by Gasteiger charge is 2.24. The predicted octanol–water partition coefficient (Wildman–Crippen LogP) is 2.21. The van der Waals surface area contributed by atoms with Crippen LogP contribution >= 0.6 is 7.60 Å². The van der Waals surface area contributed by atoms with E-state index in [9.17, 15) is 9.46 Å². The number of hydrogen-bond donors (Lipinski definition) is 2. The standard InChI is InChI=1S/C17H20N5O5P/c1-3-12(8-22-10-21-15-16(18)19-9-20-17(15)22)26-11-28(23,24)27-14-6-4-13(25-2)5-7-14/h3-7,9-10,12H,1,8,11H2,2H3,(H,23,24)(H2,18,19,20)/t12-/m1/s1. The molecule has 0 amide bonds. The van der Waals surface area contributed by atoms with Crippen LogP contribution in [0, 0.1) is 0 Å². The van der Waals surface area contributed by atoms with Crippen molar-refractivity contribution in [1.82, 2.24) is 19.5 Å². The summed E-state index contributed by atoms with van der Waals surface area (Å²) in [6.45, 7) is 3.98. The lowest BCUT2D eigenvalue weighted by molar-refractivity contribution is 0.0975. The summed E-state index contributed by atoms with van der Waals surface area (Å²) in [4.78, 5) is 22.3. The van der Waals surface area contributed by atoms with Gasteiger partial charge in [-0.3, -0.25) is 0 Å². The van der Waals surface area contributed by atoms with E-state index in [0.29, 0.717) is 16.9 Å². The number of rotatable bonds is 9. The van der Waals surface area contributed by atoms with Gasteiger partial charge in [0.1, 0.15) is 23.3 Å². The number of nitrogens with two attached hydrogens (primary N) is 1. The predicted molar refractivity (Wildman–Crippen MR) is 103 cm³/mol. The van der Waals surface area contributed by atoms with Gasteiger partial charge in [0.15, 0.2) is 17.8 Å². The molecule has 2 aromatic heterocycles. The molecule has 2 heterocycles. The molecular formula is C17H20N5O5P. The first-order valence-electron chi connectivity index (χ1n) is 8.23. The Morgan fingerprint density at radius 1 is 1.29 bits per heavy atom. The van der Waals surface area contributed by atoms with Crippen LogP contribution in [-0.2, 0) is 15.8 Å². The third-order valence-electron chi connectivity index (χ3n) is 3.83. The average Bonchev–Trinajstić information content (AvgIpc) is 3.09. The van der Waals surface area contributed by atoms with Gasteiger partial charge in [-0.05, 0) is 24.3 Å². The third-order valence-corrected chi connectivity index (χ3v) is 4.80. The van der Waals surface area contributed by atoms with Crippen LogP contribution in [0.25, 0.3) is 11.2 Å². The van der Waals surface area contributed by atoms with Gasteiger partial charge in [-0.25, -0.2) is 19.5 Å². The molecule has 0 saturated carbocycles. The van der Waals surface area contributed by atoms with Crippen LogP contribution in [0.15, 0.2) is 49.6 Å². The van der Waals surface area contributed by atoms with Crippen molar-refractivity contribution in [2.45, 2.75) is 12.6 Å². The summed E-state index contributed by atoms with van der Waals surface area (Å²) >= 11 is 0. The molecule has 0 fully saturated rings. The van der Waals surface area contributed by atoms with E-state index in [-0.39, 0.29) is 18.1 Å². The summed E-state index contributed by atoms with van der Waals surface area (Å²) in [7, 11) is -2.50. The number of ether oxygens (including phenoxy) is 2. The normalized spacial score (nSPS) is 14.4. The summed E-state index contributed by atoms with van der Waals surface area (Å²) in [6.07, 6.45) is 3.31. The SMILES string of the molecule is C=C[C@H](Cn1cnc2c(N)ncnc21)OCP(=O)(O)Oc1ccc(OC)cc1. The zero-order valence-electron chi connectivity index (χ0n) is 15.1. The van der Waals surface area contributed by atoms with Crippen molar-refractivity contribution in [2.75, 3.05) is 19.2 Å². The maximum Gasteiger partial charge on any atom is 0.402 e. The Hall–Kier alpha value is -2.94. The number of benzene rings is 1. The quantitative estimate of drug-likeness (QED) is 0.406. The minimum atomic E-state index is -4.03. The minimum Gasteiger partial charge on any atom is -0.497 e. The van der Waals surface area contributed by atoms with E-state index in [2.05, 4.69) is 21.5 Å². The second-order valence-electron chi connectivity index (χ2n) is 5.80. The first-order chi connectivity index (χ1) is 13.4. The monoisotopic (exact) mass is 405 g/mol. The summed E-state index contributed by atoms with van der Waals surface area (Å²) in [6, 6.07) is 6.32. The van der Waals surface area contributed by atoms with Gasteiger partial charge in [0.05, 0.1) is 26.1 Å². The maximum absolute atomic E-state index is 12.3. The van der Waals surface area contributed by atoms with Gasteiger partial charge in [0.25, 0.3) is 0 Å². The molecule has 2 atom stereocenters. The molecule has 0 aliphatic rings. The van der Waals surface area contributed by atoms with E-state index in [0.717, 1.165) is 0 Å². The molecule has 0 bridgehead atoms. The van der Waals surface area contributed by atoms with Crippen LogP contribution in [0.2, 0.25) is 0 Å². The fourth-order valence-corrected chi connectivity index (χ4v) is 3.32. The smallest absolute Gasteiger partial charge is 0.402 e. The molecular weight excluding hydrogens is 385 g/mol. The lowest BCUT2D eigenvalue weighted by Crippen LogP contribution is -2.19. The Morgan fingerprint density at radius 3 is 2.68 bits per heavy atom. The molecule has 0 aliphatic heterocycles. The molecule has 148 valence electrons. The molecule has 1 aromatic carbocycles. The number of methoxy groups -OCH3 is 1. The highest BCUT2D eigenvalue weighted by molar-refractivity contribution is 7.53. The Kier molecular flexibility index (Phi) is 5.93. The number of hydrogen-bond acceptors (Lipinski definition) is 8. The van der Waals surface area contributed by atoms with Gasteiger partial charge < -0.3 is 29.2 Å². The fraction of sp³-hybridized carbons (Fsp3) is 0.235. The topological polar surface area (TPSA) is 135 Å². The summed E-state index contributed by atoms with van der Waals surface area (Å²) in [5.74, 6) is 1.12. The van der Waals surface area contributed by atoms with Gasteiger partial charge in [0.2, 0.25) is 0 Å². The van der Waals surface area contributed by atoms with Gasteiger partial charge in [-0.1, -0.05) is 6.08 Å². The molecule has 3 N–H and O–H groups in total. The lowest BCUT2D eigenvalue weighted by Gasteiger charge is -2.18. The van der Waals surface area contributed by atoms with E-state index in [1.54, 1.807) is 23.0 Å². The first kappa shape index (κ1) is 19.8. The van der Waals surface area contributed by atoms with Crippen molar-refractivity contribution in [3.8, 4) is 11.5 Å². The van der Waals surface area contributed by atoms with Gasteiger partial charge in [-0.15, -0.1) is 6.58 Å². The van der Waals surface area contributed by atoms with Crippen LogP contribution in [-0.4, -0.2) is 44.0 Å². The molecule has 0 aliphatic carbocycles. The zero-order valence-corrected chi connectivity index (χ0v) is 16.0. The Balaban J connectivity index is 1.62. The number of anilines is 1. The number of fused-ring (bicyclic) bond motifs is 1. The van der Waals surface area contributed by atoms with Gasteiger partial charge in [0, 0.05) is 0 Å². The Bertz CT molecular complexity index is 1010. The lowest BCUT2D eigenvalue weighted by atomic mass is 10.3. The number of nitrogens with zero attached hydrogens (tertiary/aromatic N) is 4. The number of aromatic nitrogens is 4. The minimum absolute atomic E-state index is 0.234. The van der Waals surface area contributed by atoms with Gasteiger partial charge in [-0.2, -0.15) is 0 Å². The van der Waals surface area contributed by atoms with E-state index in [4.69, 9.17) is 19.7 Å². The van der Waals surface area contributed by atoms with Crippen molar-refractivity contribution in [1.29, 1.82) is 0 Å². The van der Waals surface area contributed by atoms with Crippen LogP contribution in [0.5, 0.6) is 11.5 Å². The largest absolute Gasteiger partial charge is 0.497 e. The zero-order chi connectivity index (χ0) is 20.1. The number of nitrogen functional groups attached to an aromatic ring is 1. The van der Waals surface area contributed by atoms with Crippen molar-refractivity contribution in [3.05, 3.63) is 49.6 Å². The van der Waals surface area contributed by atoms with E-state index < -0.39 is 20.0 Å². The highest BCUT2D eigenvalue weighted by Crippen LogP contribution is 2.43. The van der Waals surface area contributed by atoms with Crippen LogP contribution < -0.4 is 15.0 Å². The van der Waals surface area contributed by atoms with Crippen LogP contribution in [0.1, 0.15) is 0 Å². The fourth-order valence-electron chi connectivity index (χ4n) is 2.44. The molecule has 3 aromatic rings. The van der Waals surface area contributed by atoms with Gasteiger partial charge >= 0.3 is 7.60 Å². The summed E-state index contributed by atoms with van der Waals surface area (Å²) < 4.78 is 29.7. The van der Waals surface area contributed by atoms with Crippen molar-refractivity contribution < 1.29 is 23.5 Å². The molecule has 28 heavy (non-hydrogen) atoms. The summed E-state index contributed by atoms with van der Waals surface area (Å²) in [5.41, 5.74) is 6.77. The first-order valence-corrected chi connectivity index (χ1v) is 9.99. The van der Waals surface area contributed by atoms with E-state index in [1.807, 2.05) is 0 Å². The second kappa shape index (κ2) is 8.39. The highest BCUT2D eigenvalue weighted by atomic mass is 31.2. The molecule has 0 saturated heterocycles. The van der Waals surface area contributed by atoms with Crippen LogP contribution in [0.4, 0.5) is 5.82 Å². The van der Waals surface area contributed by atoms with Crippen molar-refractivity contribution in [2.24, 2.45) is 0 Å². The molecule has 1 unspecified atom stereocenters. The Labute approximate surface area is 161 Å². The molecule has 0 radical (unpaired) electrons. The van der Waals surface area contributed by atoms with E-state index in [1.165, 1.54) is 31.6 Å². The molecule has 11 heteroatoms. The van der Waals surface area contributed by atoms with Crippen molar-refractivity contribution >= 4 is 24.6 Å². The second-order valence-corrected chi connectivity index (χ2v) is 7.52. The molecule has 3 rings (SSSR count). The summed E-state index contributed by atoms with van der Waals surface area (Å²) in [5, 5.41) is 0.